The lowest BCUT2D eigenvalue weighted by Crippen LogP contribution is -2.53. The van der Waals surface area contributed by atoms with Crippen LogP contribution >= 0.6 is 0 Å². The molecule has 1 fully saturated rings. The van der Waals surface area contributed by atoms with Gasteiger partial charge in [-0.25, -0.2) is 4.79 Å². The summed E-state index contributed by atoms with van der Waals surface area (Å²) in [6, 6.07) is 5.27. The van der Waals surface area contributed by atoms with Crippen LogP contribution in [-0.2, 0) is 9.59 Å². The summed E-state index contributed by atoms with van der Waals surface area (Å²) in [5, 5.41) is 0.848. The molecule has 7 nitrogen and oxygen atoms in total. The van der Waals surface area contributed by atoms with Gasteiger partial charge >= 0.3 is 5.63 Å². The average molecular weight is 415 g/mol. The fourth-order valence-corrected chi connectivity index (χ4v) is 3.67. The van der Waals surface area contributed by atoms with Crippen LogP contribution in [0, 0.1) is 19.8 Å². The molecule has 0 N–H and O–H groups in total. The Morgan fingerprint density at radius 2 is 1.67 bits per heavy atom. The molecule has 30 heavy (non-hydrogen) atoms. The molecule has 2 aromatic rings. The molecule has 2 amide bonds. The standard InChI is InChI=1S/C23H30N2O5/c1-14(2)12-21(26)24-8-10-25(11-9-24)22(27)17(5)29-18-6-7-19-15(3)16(4)23(28)30-20(19)13-18/h6-7,13-14,17H,8-12H2,1-5H3. The number of hydrogen-bond donors (Lipinski definition) is 0. The number of aryl methyl sites for hydroxylation is 1. The van der Waals surface area contributed by atoms with Gasteiger partial charge in [-0.1, -0.05) is 13.8 Å². The Morgan fingerprint density at radius 1 is 1.03 bits per heavy atom. The molecular weight excluding hydrogens is 384 g/mol. The highest BCUT2D eigenvalue weighted by Crippen LogP contribution is 2.25. The molecule has 1 saturated heterocycles. The lowest BCUT2D eigenvalue weighted by Gasteiger charge is -2.36. The van der Waals surface area contributed by atoms with Gasteiger partial charge in [-0.2, -0.15) is 0 Å². The second kappa shape index (κ2) is 8.90. The second-order valence-corrected chi connectivity index (χ2v) is 8.36. The van der Waals surface area contributed by atoms with Crippen LogP contribution in [0.3, 0.4) is 0 Å². The first-order valence-electron chi connectivity index (χ1n) is 10.4. The van der Waals surface area contributed by atoms with Crippen molar-refractivity contribution >= 4 is 22.8 Å². The van der Waals surface area contributed by atoms with Crippen molar-refractivity contribution in [3.63, 3.8) is 0 Å². The van der Waals surface area contributed by atoms with Gasteiger partial charge < -0.3 is 19.0 Å². The van der Waals surface area contributed by atoms with E-state index in [1.807, 2.05) is 31.7 Å². The number of benzene rings is 1. The highest BCUT2D eigenvalue weighted by molar-refractivity contribution is 5.83. The Balaban J connectivity index is 1.63. The number of fused-ring (bicyclic) bond motifs is 1. The van der Waals surface area contributed by atoms with E-state index < -0.39 is 6.10 Å². The number of amides is 2. The van der Waals surface area contributed by atoms with Crippen molar-refractivity contribution in [2.45, 2.75) is 47.1 Å². The Hall–Kier alpha value is -2.83. The molecule has 0 spiro atoms. The van der Waals surface area contributed by atoms with E-state index in [1.54, 1.807) is 30.9 Å². The Kier molecular flexibility index (Phi) is 6.48. The maximum atomic E-state index is 12.8. The normalized spacial score (nSPS) is 15.5. The van der Waals surface area contributed by atoms with Crippen molar-refractivity contribution in [3.8, 4) is 5.75 Å². The minimum atomic E-state index is -0.682. The monoisotopic (exact) mass is 414 g/mol. The van der Waals surface area contributed by atoms with Gasteiger partial charge in [0.15, 0.2) is 6.10 Å². The Labute approximate surface area is 176 Å². The first-order valence-corrected chi connectivity index (χ1v) is 10.4. The molecule has 1 aliphatic heterocycles. The maximum absolute atomic E-state index is 12.8. The number of rotatable bonds is 5. The van der Waals surface area contributed by atoms with Crippen LogP contribution in [0.1, 0.15) is 38.3 Å². The topological polar surface area (TPSA) is 80.1 Å². The van der Waals surface area contributed by atoms with Gasteiger partial charge in [0, 0.05) is 49.6 Å². The molecule has 0 saturated carbocycles. The van der Waals surface area contributed by atoms with Crippen LogP contribution in [-0.4, -0.2) is 53.9 Å². The molecule has 1 aliphatic rings. The highest BCUT2D eigenvalue weighted by Gasteiger charge is 2.28. The lowest BCUT2D eigenvalue weighted by molar-refractivity contribution is -0.144. The third-order valence-corrected chi connectivity index (χ3v) is 5.62. The average Bonchev–Trinajstić information content (AvgIpc) is 2.71. The quantitative estimate of drug-likeness (QED) is 0.703. The summed E-state index contributed by atoms with van der Waals surface area (Å²) in [5.41, 5.74) is 1.54. The Morgan fingerprint density at radius 3 is 2.30 bits per heavy atom. The van der Waals surface area contributed by atoms with Crippen molar-refractivity contribution in [1.82, 2.24) is 9.80 Å². The smallest absolute Gasteiger partial charge is 0.339 e. The van der Waals surface area contributed by atoms with E-state index in [1.165, 1.54) is 0 Å². The number of carbonyl (C=O) groups excluding carboxylic acids is 2. The molecule has 3 rings (SSSR count). The van der Waals surface area contributed by atoms with Crippen LogP contribution < -0.4 is 10.4 Å². The largest absolute Gasteiger partial charge is 0.481 e. The molecule has 1 unspecified atom stereocenters. The molecule has 1 aromatic heterocycles. The number of hydrogen-bond acceptors (Lipinski definition) is 5. The van der Waals surface area contributed by atoms with E-state index in [0.29, 0.717) is 55.4 Å². The fraction of sp³-hybridized carbons (Fsp3) is 0.522. The SMILES string of the molecule is Cc1c(C)c2ccc(OC(C)C(=O)N3CCN(C(=O)CC(C)C)CC3)cc2oc1=O. The number of ether oxygens (including phenoxy) is 1. The summed E-state index contributed by atoms with van der Waals surface area (Å²) in [6.45, 7) is 11.5. The minimum Gasteiger partial charge on any atom is -0.481 e. The summed E-state index contributed by atoms with van der Waals surface area (Å²) in [4.78, 5) is 40.5. The molecular formula is C23H30N2O5. The predicted molar refractivity (Wildman–Crippen MR) is 115 cm³/mol. The van der Waals surface area contributed by atoms with Crippen molar-refractivity contribution in [2.24, 2.45) is 5.92 Å². The summed E-state index contributed by atoms with van der Waals surface area (Å²) in [7, 11) is 0. The third-order valence-electron chi connectivity index (χ3n) is 5.62. The van der Waals surface area contributed by atoms with E-state index in [9.17, 15) is 14.4 Å². The molecule has 7 heteroatoms. The van der Waals surface area contributed by atoms with Gasteiger partial charge in [0.2, 0.25) is 5.91 Å². The molecule has 1 atom stereocenters. The molecule has 0 radical (unpaired) electrons. The van der Waals surface area contributed by atoms with Gasteiger partial charge in [0.1, 0.15) is 11.3 Å². The van der Waals surface area contributed by atoms with Crippen LogP contribution in [0.25, 0.3) is 11.0 Å². The number of carbonyl (C=O) groups is 2. The van der Waals surface area contributed by atoms with E-state index in [4.69, 9.17) is 9.15 Å². The second-order valence-electron chi connectivity index (χ2n) is 8.36. The summed E-state index contributed by atoms with van der Waals surface area (Å²) in [6.07, 6.45) is -0.150. The van der Waals surface area contributed by atoms with Crippen molar-refractivity contribution in [3.05, 3.63) is 39.7 Å². The van der Waals surface area contributed by atoms with Crippen LogP contribution in [0.5, 0.6) is 5.75 Å². The molecule has 0 aliphatic carbocycles. The van der Waals surface area contributed by atoms with E-state index >= 15 is 0 Å². The Bertz CT molecular complexity index is 1000. The fourth-order valence-electron chi connectivity index (χ4n) is 3.67. The lowest BCUT2D eigenvalue weighted by atomic mass is 10.1. The predicted octanol–water partition coefficient (Wildman–Crippen LogP) is 2.89. The number of piperazine rings is 1. The van der Waals surface area contributed by atoms with Crippen molar-refractivity contribution in [2.75, 3.05) is 26.2 Å². The first kappa shape index (κ1) is 21.9. The van der Waals surface area contributed by atoms with Crippen molar-refractivity contribution < 1.29 is 18.7 Å². The van der Waals surface area contributed by atoms with E-state index in [2.05, 4.69) is 0 Å². The van der Waals surface area contributed by atoms with Crippen molar-refractivity contribution in [1.29, 1.82) is 0 Å². The van der Waals surface area contributed by atoms with E-state index in [-0.39, 0.29) is 17.4 Å². The highest BCUT2D eigenvalue weighted by atomic mass is 16.5. The molecule has 2 heterocycles. The third kappa shape index (κ3) is 4.66. The number of nitrogens with zero attached hydrogens (tertiary/aromatic N) is 2. The van der Waals surface area contributed by atoms with Gasteiger partial charge in [0.05, 0.1) is 0 Å². The molecule has 1 aromatic carbocycles. The zero-order valence-electron chi connectivity index (χ0n) is 18.4. The minimum absolute atomic E-state index is 0.118. The van der Waals surface area contributed by atoms with Gasteiger partial charge in [0.25, 0.3) is 5.91 Å². The van der Waals surface area contributed by atoms with Gasteiger partial charge in [-0.3, -0.25) is 9.59 Å². The molecule has 162 valence electrons. The zero-order valence-corrected chi connectivity index (χ0v) is 18.4. The summed E-state index contributed by atoms with van der Waals surface area (Å²) in [5.74, 6) is 0.822. The summed E-state index contributed by atoms with van der Waals surface area (Å²) < 4.78 is 11.2. The van der Waals surface area contributed by atoms with Crippen LogP contribution in [0.4, 0.5) is 0 Å². The summed E-state index contributed by atoms with van der Waals surface area (Å²) >= 11 is 0. The maximum Gasteiger partial charge on any atom is 0.339 e. The zero-order chi connectivity index (χ0) is 22.0. The van der Waals surface area contributed by atoms with Gasteiger partial charge in [-0.15, -0.1) is 0 Å². The van der Waals surface area contributed by atoms with Gasteiger partial charge in [-0.05, 0) is 44.4 Å². The van der Waals surface area contributed by atoms with Crippen LogP contribution in [0.2, 0.25) is 0 Å². The van der Waals surface area contributed by atoms with E-state index in [0.717, 1.165) is 10.9 Å². The molecule has 0 bridgehead atoms. The van der Waals surface area contributed by atoms with Crippen LogP contribution in [0.15, 0.2) is 27.4 Å². The first-order chi connectivity index (χ1) is 14.2.